The zero-order valence-corrected chi connectivity index (χ0v) is 13.4. The molecular formula is C17H20N2O5. The zero-order chi connectivity index (χ0) is 17.7. The maximum Gasteiger partial charge on any atom is 0.336 e. The molecule has 1 aromatic heterocycles. The van der Waals surface area contributed by atoms with Crippen molar-refractivity contribution < 1.29 is 19.1 Å². The number of amides is 1. The van der Waals surface area contributed by atoms with Crippen LogP contribution in [-0.2, 0) is 9.59 Å². The van der Waals surface area contributed by atoms with Crippen LogP contribution in [0.3, 0.4) is 0 Å². The van der Waals surface area contributed by atoms with Gasteiger partial charge in [0.15, 0.2) is 0 Å². The van der Waals surface area contributed by atoms with E-state index in [9.17, 15) is 14.4 Å². The standard InChI is InChI=1S/C10H8O2.C7H12N2O3/c1-7-6-10(11)12-9-5-3-2-4-8(7)9;8-4-6(10)9-3-1-2-5(9)7(11)12/h2-6H,1H3;5H,1-4,8H2,(H,11,12)/t;5-/m.0/s1. The smallest absolute Gasteiger partial charge is 0.336 e. The van der Waals surface area contributed by atoms with Crippen molar-refractivity contribution in [2.45, 2.75) is 25.8 Å². The van der Waals surface area contributed by atoms with Crippen molar-refractivity contribution in [2.24, 2.45) is 5.73 Å². The molecule has 3 N–H and O–H groups in total. The van der Waals surface area contributed by atoms with E-state index in [4.69, 9.17) is 15.3 Å². The monoisotopic (exact) mass is 332 g/mol. The van der Waals surface area contributed by atoms with E-state index in [1.807, 2.05) is 25.1 Å². The number of hydrogen-bond acceptors (Lipinski definition) is 5. The molecule has 0 saturated carbocycles. The zero-order valence-electron chi connectivity index (χ0n) is 13.4. The Balaban J connectivity index is 0.000000174. The van der Waals surface area contributed by atoms with Gasteiger partial charge in [0.2, 0.25) is 5.91 Å². The van der Waals surface area contributed by atoms with Crippen molar-refractivity contribution in [2.75, 3.05) is 13.1 Å². The summed E-state index contributed by atoms with van der Waals surface area (Å²) in [5.41, 5.74) is 6.46. The Hall–Kier alpha value is -2.67. The topological polar surface area (TPSA) is 114 Å². The third-order valence-electron chi connectivity index (χ3n) is 3.89. The van der Waals surface area contributed by atoms with Crippen molar-refractivity contribution in [1.82, 2.24) is 4.90 Å². The number of para-hydroxylation sites is 1. The first kappa shape index (κ1) is 17.7. The van der Waals surface area contributed by atoms with Gasteiger partial charge in [-0.05, 0) is 31.4 Å². The van der Waals surface area contributed by atoms with E-state index in [1.54, 1.807) is 6.07 Å². The van der Waals surface area contributed by atoms with E-state index < -0.39 is 12.0 Å². The molecule has 1 saturated heterocycles. The third kappa shape index (κ3) is 3.99. The number of benzene rings is 1. The minimum absolute atomic E-state index is 0.107. The molecular weight excluding hydrogens is 312 g/mol. The van der Waals surface area contributed by atoms with Crippen molar-refractivity contribution >= 4 is 22.8 Å². The number of carboxylic acids is 1. The highest BCUT2D eigenvalue weighted by Gasteiger charge is 2.32. The summed E-state index contributed by atoms with van der Waals surface area (Å²) < 4.78 is 4.99. The van der Waals surface area contributed by atoms with E-state index in [-0.39, 0.29) is 18.1 Å². The number of likely N-dealkylation sites (tertiary alicyclic amines) is 1. The lowest BCUT2D eigenvalue weighted by Gasteiger charge is -2.20. The first-order valence-electron chi connectivity index (χ1n) is 7.66. The van der Waals surface area contributed by atoms with Gasteiger partial charge in [-0.15, -0.1) is 0 Å². The van der Waals surface area contributed by atoms with E-state index >= 15 is 0 Å². The molecule has 0 aliphatic carbocycles. The van der Waals surface area contributed by atoms with E-state index in [0.717, 1.165) is 17.4 Å². The second-order valence-corrected chi connectivity index (χ2v) is 5.53. The number of carbonyl (C=O) groups excluding carboxylic acids is 1. The average Bonchev–Trinajstić information content (AvgIpc) is 3.04. The molecule has 1 atom stereocenters. The van der Waals surface area contributed by atoms with Gasteiger partial charge in [0, 0.05) is 18.0 Å². The molecule has 1 amide bonds. The molecule has 0 spiro atoms. The van der Waals surface area contributed by atoms with Gasteiger partial charge in [-0.3, -0.25) is 4.79 Å². The predicted octanol–water partition coefficient (Wildman–Crippen LogP) is 1.12. The van der Waals surface area contributed by atoms with E-state index in [0.29, 0.717) is 18.5 Å². The summed E-state index contributed by atoms with van der Waals surface area (Å²) in [5, 5.41) is 9.69. The normalized spacial score (nSPS) is 16.6. The van der Waals surface area contributed by atoms with E-state index in [1.165, 1.54) is 11.0 Å². The second-order valence-electron chi connectivity index (χ2n) is 5.53. The number of hydrogen-bond donors (Lipinski definition) is 2. The number of carbonyl (C=O) groups is 2. The summed E-state index contributed by atoms with van der Waals surface area (Å²) >= 11 is 0. The molecule has 24 heavy (non-hydrogen) atoms. The Morgan fingerprint density at radius 2 is 2.08 bits per heavy atom. The van der Waals surface area contributed by atoms with Crippen LogP contribution in [0, 0.1) is 6.92 Å². The molecule has 2 heterocycles. The van der Waals surface area contributed by atoms with Gasteiger partial charge < -0.3 is 20.2 Å². The van der Waals surface area contributed by atoms with Gasteiger partial charge in [0.05, 0.1) is 6.54 Å². The molecule has 1 aliphatic rings. The van der Waals surface area contributed by atoms with Crippen LogP contribution in [0.4, 0.5) is 0 Å². The van der Waals surface area contributed by atoms with Crippen molar-refractivity contribution in [3.8, 4) is 0 Å². The van der Waals surface area contributed by atoms with Gasteiger partial charge in [0.25, 0.3) is 0 Å². The lowest BCUT2D eigenvalue weighted by molar-refractivity contribution is -0.147. The van der Waals surface area contributed by atoms with Crippen LogP contribution in [0.1, 0.15) is 18.4 Å². The molecule has 3 rings (SSSR count). The van der Waals surface area contributed by atoms with Crippen LogP contribution in [0.2, 0.25) is 0 Å². The molecule has 2 aromatic rings. The largest absolute Gasteiger partial charge is 0.480 e. The number of nitrogens with zero attached hydrogens (tertiary/aromatic N) is 1. The van der Waals surface area contributed by atoms with Crippen LogP contribution >= 0.6 is 0 Å². The summed E-state index contributed by atoms with van der Waals surface area (Å²) in [6.07, 6.45) is 1.30. The third-order valence-corrected chi connectivity index (χ3v) is 3.89. The van der Waals surface area contributed by atoms with Gasteiger partial charge in [-0.25, -0.2) is 9.59 Å². The first-order chi connectivity index (χ1) is 11.4. The molecule has 7 heteroatoms. The Kier molecular flexibility index (Phi) is 5.70. The molecule has 1 aromatic carbocycles. The molecule has 128 valence electrons. The maximum atomic E-state index is 11.1. The number of rotatable bonds is 2. The fraction of sp³-hybridized carbons (Fsp3) is 0.353. The number of fused-ring (bicyclic) bond motifs is 1. The average molecular weight is 332 g/mol. The van der Waals surface area contributed by atoms with Crippen LogP contribution in [0.5, 0.6) is 0 Å². The summed E-state index contributed by atoms with van der Waals surface area (Å²) in [5.74, 6) is -1.21. The number of carboxylic acid groups (broad SMARTS) is 1. The van der Waals surface area contributed by atoms with E-state index in [2.05, 4.69) is 0 Å². The Morgan fingerprint density at radius 3 is 2.75 bits per heavy atom. The fourth-order valence-electron chi connectivity index (χ4n) is 2.71. The van der Waals surface area contributed by atoms with Crippen molar-refractivity contribution in [3.63, 3.8) is 0 Å². The lowest BCUT2D eigenvalue weighted by atomic mass is 10.1. The Labute approximate surface area is 138 Å². The highest BCUT2D eigenvalue weighted by molar-refractivity contribution is 5.85. The van der Waals surface area contributed by atoms with Crippen LogP contribution in [0.15, 0.2) is 39.5 Å². The van der Waals surface area contributed by atoms with Gasteiger partial charge in [-0.2, -0.15) is 0 Å². The van der Waals surface area contributed by atoms with Gasteiger partial charge in [-0.1, -0.05) is 18.2 Å². The predicted molar refractivity (Wildman–Crippen MR) is 88.6 cm³/mol. The Bertz CT molecular complexity index is 799. The minimum Gasteiger partial charge on any atom is -0.480 e. The number of nitrogens with two attached hydrogens (primary N) is 1. The number of aryl methyl sites for hydroxylation is 1. The quantitative estimate of drug-likeness (QED) is 0.797. The SMILES string of the molecule is Cc1cc(=O)oc2ccccc12.NCC(=O)N1CCC[C@H]1C(=O)O. The molecule has 0 bridgehead atoms. The summed E-state index contributed by atoms with van der Waals surface area (Å²) in [6.45, 7) is 2.32. The fourth-order valence-corrected chi connectivity index (χ4v) is 2.71. The molecule has 0 unspecified atom stereocenters. The highest BCUT2D eigenvalue weighted by atomic mass is 16.4. The summed E-state index contributed by atoms with van der Waals surface area (Å²) in [4.78, 5) is 33.9. The lowest BCUT2D eigenvalue weighted by Crippen LogP contribution is -2.43. The first-order valence-corrected chi connectivity index (χ1v) is 7.66. The van der Waals surface area contributed by atoms with Gasteiger partial charge >= 0.3 is 11.6 Å². The van der Waals surface area contributed by atoms with Crippen molar-refractivity contribution in [1.29, 1.82) is 0 Å². The molecule has 0 radical (unpaired) electrons. The Morgan fingerprint density at radius 1 is 1.38 bits per heavy atom. The van der Waals surface area contributed by atoms with Crippen molar-refractivity contribution in [3.05, 3.63) is 46.3 Å². The second kappa shape index (κ2) is 7.74. The van der Waals surface area contributed by atoms with Crippen LogP contribution in [0.25, 0.3) is 11.0 Å². The number of aliphatic carboxylic acids is 1. The molecule has 1 aliphatic heterocycles. The van der Waals surface area contributed by atoms with Gasteiger partial charge in [0.1, 0.15) is 11.6 Å². The summed E-state index contributed by atoms with van der Waals surface area (Å²) in [7, 11) is 0. The minimum atomic E-state index is -0.936. The van der Waals surface area contributed by atoms with Crippen LogP contribution in [-0.4, -0.2) is 41.0 Å². The maximum absolute atomic E-state index is 11.1. The summed E-state index contributed by atoms with van der Waals surface area (Å²) in [6, 6.07) is 8.36. The molecule has 7 nitrogen and oxygen atoms in total. The molecule has 1 fully saturated rings. The highest BCUT2D eigenvalue weighted by Crippen LogP contribution is 2.17. The van der Waals surface area contributed by atoms with Crippen LogP contribution < -0.4 is 11.4 Å².